The van der Waals surface area contributed by atoms with E-state index in [1.807, 2.05) is 18.2 Å². The average Bonchev–Trinajstić information content (AvgIpc) is 3.07. The minimum atomic E-state index is -0.890. The van der Waals surface area contributed by atoms with Gasteiger partial charge < -0.3 is 19.9 Å². The number of fused-ring (bicyclic) bond motifs is 1. The van der Waals surface area contributed by atoms with E-state index in [0.29, 0.717) is 18.7 Å². The first-order valence-electron chi connectivity index (χ1n) is 6.13. The smallest absolute Gasteiger partial charge is 0.336 e. The summed E-state index contributed by atoms with van der Waals surface area (Å²) in [6.07, 6.45) is 0. The summed E-state index contributed by atoms with van der Waals surface area (Å²) in [7, 11) is 0. The summed E-state index contributed by atoms with van der Waals surface area (Å²) in [5.74, 6) is 0.671. The zero-order valence-corrected chi connectivity index (χ0v) is 11.4. The number of benzene rings is 1. The number of rotatable bonds is 5. The quantitative estimate of drug-likeness (QED) is 0.885. The second-order valence-electron chi connectivity index (χ2n) is 4.36. The molecular weight excluding hydrogens is 278 g/mol. The molecule has 1 aliphatic heterocycles. The molecule has 0 fully saturated rings. The number of hydrogen-bond donors (Lipinski definition) is 2. The van der Waals surface area contributed by atoms with Crippen LogP contribution < -0.4 is 14.8 Å². The number of thiophene rings is 1. The molecule has 0 saturated heterocycles. The van der Waals surface area contributed by atoms with E-state index in [1.165, 1.54) is 11.3 Å². The Bertz CT molecular complexity index is 638. The first-order chi connectivity index (χ1) is 9.74. The molecule has 20 heavy (non-hydrogen) atoms. The third-order valence-electron chi connectivity index (χ3n) is 2.99. The highest BCUT2D eigenvalue weighted by atomic mass is 32.1. The Hall–Kier alpha value is -2.05. The first-order valence-corrected chi connectivity index (χ1v) is 7.01. The SMILES string of the molecule is O=C(O)c1csc(CNCc2cccc3c2OCO3)c1. The second kappa shape index (κ2) is 5.52. The van der Waals surface area contributed by atoms with Gasteiger partial charge in [-0.25, -0.2) is 4.79 Å². The molecule has 2 heterocycles. The second-order valence-corrected chi connectivity index (χ2v) is 5.36. The number of carboxylic acid groups (broad SMARTS) is 1. The molecule has 0 atom stereocenters. The van der Waals surface area contributed by atoms with Crippen LogP contribution in [0.4, 0.5) is 0 Å². The van der Waals surface area contributed by atoms with Gasteiger partial charge in [-0.05, 0) is 12.1 Å². The number of ether oxygens (including phenoxy) is 2. The Balaban J connectivity index is 1.60. The van der Waals surface area contributed by atoms with Crippen LogP contribution in [-0.4, -0.2) is 17.9 Å². The minimum absolute atomic E-state index is 0.263. The van der Waals surface area contributed by atoms with Crippen molar-refractivity contribution in [3.05, 3.63) is 45.6 Å². The van der Waals surface area contributed by atoms with Crippen molar-refractivity contribution >= 4 is 17.3 Å². The molecule has 0 aliphatic carbocycles. The van der Waals surface area contributed by atoms with Crippen molar-refractivity contribution < 1.29 is 19.4 Å². The lowest BCUT2D eigenvalue weighted by Gasteiger charge is -2.06. The molecule has 0 radical (unpaired) electrons. The fraction of sp³-hybridized carbons (Fsp3) is 0.214. The van der Waals surface area contributed by atoms with Gasteiger partial charge in [-0.3, -0.25) is 0 Å². The van der Waals surface area contributed by atoms with Crippen molar-refractivity contribution in [2.24, 2.45) is 0 Å². The first kappa shape index (κ1) is 13.0. The molecule has 2 aromatic rings. The van der Waals surface area contributed by atoms with Crippen LogP contribution in [0.3, 0.4) is 0 Å². The topological polar surface area (TPSA) is 67.8 Å². The molecule has 2 N–H and O–H groups in total. The summed E-state index contributed by atoms with van der Waals surface area (Å²) < 4.78 is 10.8. The molecular formula is C14H13NO4S. The Morgan fingerprint density at radius 2 is 2.25 bits per heavy atom. The zero-order valence-electron chi connectivity index (χ0n) is 10.6. The van der Waals surface area contributed by atoms with Crippen molar-refractivity contribution in [3.8, 4) is 11.5 Å². The molecule has 0 bridgehead atoms. The Kier molecular flexibility index (Phi) is 3.58. The number of aromatic carboxylic acids is 1. The molecule has 1 aromatic heterocycles. The Labute approximate surface area is 119 Å². The van der Waals surface area contributed by atoms with E-state index in [1.54, 1.807) is 11.4 Å². The molecule has 104 valence electrons. The fourth-order valence-corrected chi connectivity index (χ4v) is 2.86. The lowest BCUT2D eigenvalue weighted by Crippen LogP contribution is -2.12. The van der Waals surface area contributed by atoms with Crippen molar-refractivity contribution in [2.45, 2.75) is 13.1 Å². The summed E-state index contributed by atoms with van der Waals surface area (Å²) in [6.45, 7) is 1.54. The molecule has 0 unspecified atom stereocenters. The maximum absolute atomic E-state index is 10.8. The van der Waals surface area contributed by atoms with E-state index in [4.69, 9.17) is 14.6 Å². The van der Waals surface area contributed by atoms with Gasteiger partial charge in [0, 0.05) is 28.9 Å². The molecule has 1 aliphatic rings. The molecule has 1 aromatic carbocycles. The van der Waals surface area contributed by atoms with Gasteiger partial charge in [-0.1, -0.05) is 12.1 Å². The highest BCUT2D eigenvalue weighted by Gasteiger charge is 2.16. The van der Waals surface area contributed by atoms with E-state index in [-0.39, 0.29) is 6.79 Å². The normalized spacial score (nSPS) is 12.6. The molecule has 5 nitrogen and oxygen atoms in total. The summed E-state index contributed by atoms with van der Waals surface area (Å²) >= 11 is 1.44. The van der Waals surface area contributed by atoms with Gasteiger partial charge in [-0.15, -0.1) is 11.3 Å². The van der Waals surface area contributed by atoms with Crippen molar-refractivity contribution in [2.75, 3.05) is 6.79 Å². The molecule has 3 rings (SSSR count). The monoisotopic (exact) mass is 291 g/mol. The van der Waals surface area contributed by atoms with Crippen LogP contribution >= 0.6 is 11.3 Å². The summed E-state index contributed by atoms with van der Waals surface area (Å²) in [6, 6.07) is 7.48. The Morgan fingerprint density at radius 3 is 3.05 bits per heavy atom. The zero-order chi connectivity index (χ0) is 13.9. The van der Waals surface area contributed by atoms with E-state index in [2.05, 4.69) is 5.32 Å². The molecule has 0 spiro atoms. The van der Waals surface area contributed by atoms with Crippen LogP contribution in [0, 0.1) is 0 Å². The average molecular weight is 291 g/mol. The van der Waals surface area contributed by atoms with Crippen LogP contribution in [-0.2, 0) is 13.1 Å². The third kappa shape index (κ3) is 2.61. The van der Waals surface area contributed by atoms with Gasteiger partial charge in [0.2, 0.25) is 6.79 Å². The van der Waals surface area contributed by atoms with Crippen LogP contribution in [0.2, 0.25) is 0 Å². The number of carbonyl (C=O) groups is 1. The number of carboxylic acids is 1. The van der Waals surface area contributed by atoms with Crippen LogP contribution in [0.5, 0.6) is 11.5 Å². The van der Waals surface area contributed by atoms with Crippen molar-refractivity contribution in [1.29, 1.82) is 0 Å². The van der Waals surface area contributed by atoms with Gasteiger partial charge in [0.1, 0.15) is 0 Å². The third-order valence-corrected chi connectivity index (χ3v) is 3.93. The van der Waals surface area contributed by atoms with Crippen molar-refractivity contribution in [1.82, 2.24) is 5.32 Å². The van der Waals surface area contributed by atoms with Gasteiger partial charge in [0.25, 0.3) is 0 Å². The van der Waals surface area contributed by atoms with Crippen LogP contribution in [0.15, 0.2) is 29.6 Å². The number of hydrogen-bond acceptors (Lipinski definition) is 5. The predicted octanol–water partition coefficient (Wildman–Crippen LogP) is 2.46. The summed E-state index contributed by atoms with van der Waals surface area (Å²) in [5.41, 5.74) is 1.37. The molecule has 0 amide bonds. The maximum Gasteiger partial charge on any atom is 0.336 e. The largest absolute Gasteiger partial charge is 0.478 e. The maximum atomic E-state index is 10.8. The highest BCUT2D eigenvalue weighted by molar-refractivity contribution is 7.10. The van der Waals surface area contributed by atoms with Crippen LogP contribution in [0.1, 0.15) is 20.8 Å². The minimum Gasteiger partial charge on any atom is -0.478 e. The predicted molar refractivity (Wildman–Crippen MR) is 74.4 cm³/mol. The van der Waals surface area contributed by atoms with Gasteiger partial charge in [0.15, 0.2) is 11.5 Å². The van der Waals surface area contributed by atoms with Gasteiger partial charge >= 0.3 is 5.97 Å². The molecule has 6 heteroatoms. The van der Waals surface area contributed by atoms with Gasteiger partial charge in [0.05, 0.1) is 5.56 Å². The number of para-hydroxylation sites is 1. The standard InChI is InChI=1S/C14H13NO4S/c16-14(17)10-4-11(20-7-10)6-15-5-9-2-1-3-12-13(9)19-8-18-12/h1-4,7,15H,5-6,8H2,(H,16,17). The van der Waals surface area contributed by atoms with E-state index in [9.17, 15) is 4.79 Å². The molecule has 0 saturated carbocycles. The van der Waals surface area contributed by atoms with E-state index < -0.39 is 5.97 Å². The number of nitrogens with one attached hydrogen (secondary N) is 1. The summed E-state index contributed by atoms with van der Waals surface area (Å²) in [5, 5.41) is 13.8. The van der Waals surface area contributed by atoms with E-state index >= 15 is 0 Å². The lowest BCUT2D eigenvalue weighted by atomic mass is 10.2. The lowest BCUT2D eigenvalue weighted by molar-refractivity contribution is 0.0697. The highest BCUT2D eigenvalue weighted by Crippen LogP contribution is 2.35. The van der Waals surface area contributed by atoms with E-state index in [0.717, 1.165) is 21.9 Å². The Morgan fingerprint density at radius 1 is 1.35 bits per heavy atom. The van der Waals surface area contributed by atoms with Crippen molar-refractivity contribution in [3.63, 3.8) is 0 Å². The fourth-order valence-electron chi connectivity index (χ4n) is 2.04. The summed E-state index contributed by atoms with van der Waals surface area (Å²) in [4.78, 5) is 11.8. The van der Waals surface area contributed by atoms with Gasteiger partial charge in [-0.2, -0.15) is 0 Å². The van der Waals surface area contributed by atoms with Crippen LogP contribution in [0.25, 0.3) is 0 Å².